The summed E-state index contributed by atoms with van der Waals surface area (Å²) in [7, 11) is 0. The summed E-state index contributed by atoms with van der Waals surface area (Å²) < 4.78 is 63.1. The molecular formula is C122H123N8O8. The lowest BCUT2D eigenvalue weighted by Crippen LogP contribution is -2.29. The Morgan fingerprint density at radius 1 is 0.225 bits per heavy atom. The van der Waals surface area contributed by atoms with E-state index in [4.69, 9.17) is 67.8 Å². The lowest BCUT2D eigenvalue weighted by Gasteiger charge is -2.44. The first-order chi connectivity index (χ1) is 68.1. The molecule has 10 bridgehead atoms. The number of unbranched alkanes of at least 4 members (excludes halogenated alkanes) is 8. The number of ether oxygens (including phenoxy) is 8. The number of aromatic nitrogens is 8. The topological polar surface area (TPSA) is 183 Å². The summed E-state index contributed by atoms with van der Waals surface area (Å²) in [5, 5.41) is 2.71. The summed E-state index contributed by atoms with van der Waals surface area (Å²) in [6, 6.07) is 77.7. The normalized spacial score (nSPS) is 16.8. The second-order valence-corrected chi connectivity index (χ2v) is 38.3. The zero-order valence-corrected chi connectivity index (χ0v) is 81.2. The van der Waals surface area contributed by atoms with Gasteiger partial charge in [0.05, 0.1) is 96.7 Å². The fourth-order valence-electron chi connectivity index (χ4n) is 23.1. The summed E-state index contributed by atoms with van der Waals surface area (Å²) in [5.41, 5.74) is 27.6. The molecule has 5 heterocycles. The first-order valence-electron chi connectivity index (χ1n) is 51.4. The molecule has 1 radical (unpaired) electrons. The van der Waals surface area contributed by atoms with E-state index in [0.717, 1.165) is 175 Å². The van der Waals surface area contributed by atoms with Crippen LogP contribution in [-0.4, -0.2) is 92.7 Å². The molecule has 699 valence electrons. The average Bonchev–Trinajstić information content (AvgIpc) is 1.23. The van der Waals surface area contributed by atoms with Gasteiger partial charge in [-0.2, -0.15) is 0 Å². The predicted molar refractivity (Wildman–Crippen MR) is 553 cm³/mol. The van der Waals surface area contributed by atoms with Crippen molar-refractivity contribution < 1.29 is 37.9 Å². The molecule has 15 aromatic rings. The van der Waals surface area contributed by atoms with Gasteiger partial charge in [-0.25, -0.2) is 29.9 Å². The number of nitrogens with one attached hydrogen (secondary N) is 2. The van der Waals surface area contributed by atoms with E-state index in [1.54, 1.807) is 0 Å². The maximum Gasteiger partial charge on any atom is 0.168 e. The average molecular weight is 1830 g/mol. The quantitative estimate of drug-likeness (QED) is 0.0358. The fraction of sp³-hybridized carbons (Fsp3) is 0.336. The highest BCUT2D eigenvalue weighted by molar-refractivity contribution is 6.16. The molecule has 0 saturated carbocycles. The van der Waals surface area contributed by atoms with Gasteiger partial charge in [0.15, 0.2) is 23.3 Å². The highest BCUT2D eigenvalue weighted by atomic mass is 16.5. The van der Waals surface area contributed by atoms with E-state index in [0.29, 0.717) is 189 Å². The van der Waals surface area contributed by atoms with E-state index in [2.05, 4.69) is 298 Å². The number of hydrogen-bond donors (Lipinski definition) is 2. The van der Waals surface area contributed by atoms with Crippen LogP contribution < -0.4 is 37.9 Å². The van der Waals surface area contributed by atoms with Crippen LogP contribution in [0.5, 0.6) is 46.0 Å². The van der Waals surface area contributed by atoms with Crippen LogP contribution in [0.3, 0.4) is 0 Å². The molecule has 0 spiro atoms. The molecule has 23 rings (SSSR count). The first kappa shape index (κ1) is 89.6. The van der Waals surface area contributed by atoms with Gasteiger partial charge in [0.1, 0.15) is 68.6 Å². The SMILES string of the molecule is CCCCOc1c2c(c(OCCCC)c3c1C(C)c1ccccc1C3c1ccccc1)-c1nc-2nc2[nH]c(nc3nc(nc4[nH]c(n1)c1c(OCCCC)c5c(c(OCCCC)c41)C(C)c1ccccc1C5c1ccccc1)-c1c(OCCCC)c4c(c(OCCCC)c1-3)C1c3ccccc3C4c3ccccc31)c1c(OCCCC)c3c(c(OCCCC)c21)[CH]c1ccccc1C3c1ccccc1. The summed E-state index contributed by atoms with van der Waals surface area (Å²) in [4.78, 5) is 46.3. The Morgan fingerprint density at radius 3 is 0.790 bits per heavy atom. The molecule has 12 aromatic carbocycles. The van der Waals surface area contributed by atoms with E-state index in [1.165, 1.54) is 44.5 Å². The van der Waals surface area contributed by atoms with Crippen molar-refractivity contribution in [3.05, 3.63) is 336 Å². The third-order valence-corrected chi connectivity index (χ3v) is 29.6. The number of H-pyrrole nitrogens is 2. The summed E-state index contributed by atoms with van der Waals surface area (Å²) in [6.07, 6.45) is 15.5. The van der Waals surface area contributed by atoms with Crippen molar-refractivity contribution in [3.63, 3.8) is 0 Å². The van der Waals surface area contributed by atoms with Crippen molar-refractivity contribution in [3.8, 4) is 91.5 Å². The van der Waals surface area contributed by atoms with Crippen LogP contribution in [0.1, 0.15) is 330 Å². The van der Waals surface area contributed by atoms with Crippen molar-refractivity contribution in [2.45, 2.75) is 213 Å². The van der Waals surface area contributed by atoms with Gasteiger partial charge in [0.25, 0.3) is 0 Å². The number of hydrogen-bond acceptors (Lipinski definition) is 14. The van der Waals surface area contributed by atoms with Gasteiger partial charge in [0.2, 0.25) is 0 Å². The number of benzene rings is 12. The second-order valence-electron chi connectivity index (χ2n) is 38.3. The van der Waals surface area contributed by atoms with Gasteiger partial charge in [-0.1, -0.05) is 333 Å². The molecule has 6 aliphatic carbocycles. The lowest BCUT2D eigenvalue weighted by molar-refractivity contribution is 0.295. The van der Waals surface area contributed by atoms with Crippen LogP contribution in [0.4, 0.5) is 0 Å². The Balaban J connectivity index is 1.01. The maximum atomic E-state index is 7.93. The van der Waals surface area contributed by atoms with Crippen LogP contribution in [0.25, 0.3) is 89.7 Å². The smallest absolute Gasteiger partial charge is 0.168 e. The third kappa shape index (κ3) is 15.1. The predicted octanol–water partition coefficient (Wildman–Crippen LogP) is 29.7. The monoisotopic (exact) mass is 1830 g/mol. The maximum absolute atomic E-state index is 7.93. The van der Waals surface area contributed by atoms with E-state index >= 15 is 0 Å². The molecule has 16 heteroatoms. The van der Waals surface area contributed by atoms with Crippen molar-refractivity contribution in [1.29, 1.82) is 0 Å². The van der Waals surface area contributed by atoms with Gasteiger partial charge in [-0.15, -0.1) is 0 Å². The molecule has 5 atom stereocenters. The molecule has 8 aliphatic rings. The van der Waals surface area contributed by atoms with Gasteiger partial charge in [0, 0.05) is 92.4 Å². The van der Waals surface area contributed by atoms with Crippen LogP contribution in [0.2, 0.25) is 0 Å². The van der Waals surface area contributed by atoms with Crippen molar-refractivity contribution in [1.82, 2.24) is 39.9 Å². The van der Waals surface area contributed by atoms with Crippen molar-refractivity contribution in [2.24, 2.45) is 0 Å². The molecular weight excluding hydrogens is 1710 g/mol. The zero-order valence-electron chi connectivity index (χ0n) is 81.2. The molecule has 2 N–H and O–H groups in total. The largest absolute Gasteiger partial charge is 0.492 e. The Morgan fingerprint density at radius 2 is 0.457 bits per heavy atom. The Bertz CT molecular complexity index is 7300. The molecule has 0 amide bonds. The molecule has 3 aromatic heterocycles. The molecule has 138 heavy (non-hydrogen) atoms. The molecule has 0 fully saturated rings. The molecule has 16 nitrogen and oxygen atoms in total. The van der Waals surface area contributed by atoms with E-state index in [1.807, 2.05) is 0 Å². The van der Waals surface area contributed by atoms with Gasteiger partial charge < -0.3 is 47.9 Å². The minimum Gasteiger partial charge on any atom is -0.492 e. The second kappa shape index (κ2) is 38.8. The Labute approximate surface area is 810 Å². The number of fused-ring (bicyclic) bond motifs is 26. The first-order valence-corrected chi connectivity index (χ1v) is 51.4. The Kier molecular flexibility index (Phi) is 25.2. The van der Waals surface area contributed by atoms with E-state index in [-0.39, 0.29) is 41.4 Å². The minimum absolute atomic E-state index is 0.224. The number of nitrogens with zero attached hydrogens (tertiary/aromatic N) is 6. The van der Waals surface area contributed by atoms with Crippen LogP contribution in [0, 0.1) is 6.42 Å². The van der Waals surface area contributed by atoms with E-state index in [9.17, 15) is 0 Å². The zero-order chi connectivity index (χ0) is 93.8. The minimum atomic E-state index is -0.350. The summed E-state index contributed by atoms with van der Waals surface area (Å²) in [6.45, 7) is 25.7. The summed E-state index contributed by atoms with van der Waals surface area (Å²) >= 11 is 0. The van der Waals surface area contributed by atoms with Crippen LogP contribution >= 0.6 is 0 Å². The number of aromatic amines is 2. The van der Waals surface area contributed by atoms with Crippen LogP contribution in [0.15, 0.2) is 212 Å². The summed E-state index contributed by atoms with van der Waals surface area (Å²) in [5.74, 6) is 4.75. The lowest BCUT2D eigenvalue weighted by atomic mass is 9.60. The molecule has 5 unspecified atom stereocenters. The third-order valence-electron chi connectivity index (χ3n) is 29.6. The highest BCUT2D eigenvalue weighted by Gasteiger charge is 2.51. The molecule has 0 saturated heterocycles. The van der Waals surface area contributed by atoms with Gasteiger partial charge in [-0.05, 0) is 124 Å². The van der Waals surface area contributed by atoms with E-state index < -0.39 is 0 Å². The molecule has 2 aliphatic heterocycles. The van der Waals surface area contributed by atoms with Crippen LogP contribution in [-0.2, 0) is 0 Å². The van der Waals surface area contributed by atoms with Crippen molar-refractivity contribution >= 4 is 44.1 Å². The fourth-order valence-corrected chi connectivity index (χ4v) is 23.1. The van der Waals surface area contributed by atoms with Gasteiger partial charge >= 0.3 is 0 Å². The Hall–Kier alpha value is -13.6. The van der Waals surface area contributed by atoms with Gasteiger partial charge in [-0.3, -0.25) is 0 Å². The highest BCUT2D eigenvalue weighted by Crippen LogP contribution is 2.68. The number of rotatable bonds is 35. The van der Waals surface area contributed by atoms with Crippen molar-refractivity contribution in [2.75, 3.05) is 52.9 Å². The standard InChI is InChI=1S/C122H123N8O8/c1-11-19-62-131-107-86-70-76-52-36-37-55-79(76)89(73-46-30-27-31-47-73)94(86)110(134-65-22-14-4)100-99(107)115-123-116(100)125-121-105-106(114(138-69-26-18-8)98-93-84-60-44-42-58-82(84)92(83-59-43-45-61-85(83)93)97(98)113(105)137-68-25-17-7)122(130-121)128-118-102-104(112(136-67-24-16-6)96-88(109(102)133-64-21-13-3)72(10)78-54-39-41-57-81(78)91(96)75-50-34-29-35-51-75)120(127-118)129-119-103-101(117(124-115)126-119)108(132-63-20-12-2)87-71(9)77-53-38-40-56-80(77)90(74-48-32-28-33-49-74)95(87)111(103)135-66-23-15-5/h27-61,70-72,89-93H,11-26,62-69H2,1-10H3,(H2,123,124,125,126,127,128,129,130).